The van der Waals surface area contributed by atoms with Crippen molar-refractivity contribution in [1.82, 2.24) is 36.1 Å². The molecule has 22 heteroatoms. The summed E-state index contributed by atoms with van der Waals surface area (Å²) >= 11 is 0. The van der Waals surface area contributed by atoms with E-state index in [9.17, 15) is 41.4 Å². The number of anilines is 1. The SMILES string of the molecule is COC(=O)N[C@H](C(=O)N[C@@H](Cc1ccc(C#Cc2ccc(N3CC4CCC(C3)N4CC3CN(C(=O)OC(C)(C)C)C3)nc2)cc1)[C@@H](O)CNCc1c(F)cc(/C(C=N)=C/NC(F)F)cc1F)C(C)(C)C(F)(F)F. The van der Waals surface area contributed by atoms with Crippen LogP contribution in [0.4, 0.5) is 46.1 Å². The van der Waals surface area contributed by atoms with E-state index >= 15 is 8.78 Å². The summed E-state index contributed by atoms with van der Waals surface area (Å²) < 4.78 is 108. The highest BCUT2D eigenvalue weighted by Gasteiger charge is 2.56. The van der Waals surface area contributed by atoms with E-state index in [1.165, 1.54) is 0 Å². The van der Waals surface area contributed by atoms with Crippen LogP contribution in [0.5, 0.6) is 0 Å². The summed E-state index contributed by atoms with van der Waals surface area (Å²) in [5.74, 6) is 3.92. The first kappa shape index (κ1) is 55.9. The van der Waals surface area contributed by atoms with Crippen molar-refractivity contribution in [2.75, 3.05) is 51.3 Å². The summed E-state index contributed by atoms with van der Waals surface area (Å²) in [7, 11) is 0.909. The number of carbonyl (C=O) groups excluding carboxylic acids is 3. The van der Waals surface area contributed by atoms with E-state index in [2.05, 4.69) is 37.0 Å². The number of aromatic nitrogens is 1. The molecule has 3 aromatic rings. The van der Waals surface area contributed by atoms with Crippen LogP contribution in [0.3, 0.4) is 0 Å². The fourth-order valence-corrected chi connectivity index (χ4v) is 8.95. The molecule has 0 radical (unpaired) electrons. The number of piperazine rings is 1. The standard InChI is InChI=1S/C51H62F7N9O6/c1-49(2,3)73-48(71)66-25-33(26-66)27-67-36-14-15-37(67)29-65(28-36)43-16-13-32(21-61-43)12-9-30-7-10-31(11-8-30)17-41(63-45(69)44(64-47(70)72-6)50(4,5)51(56,57)58)42(68)24-60-23-38-39(52)18-34(19-40(38)53)35(20-59)22-62-46(54)55/h7-8,10-11,13,16,18-22,33,36-37,41-42,44,46,59-60,62,68H,14-15,17,23-29H2,1-6H3,(H,63,69)(H,64,70)/b35-22+,59-20?/t36?,37?,41-,42-,44+/m0/s1. The maximum atomic E-state index is 15.1. The molecule has 0 saturated carbocycles. The molecular weight excluding hydrogens is 968 g/mol. The average molecular weight is 1030 g/mol. The van der Waals surface area contributed by atoms with Gasteiger partial charge in [-0.2, -0.15) is 22.0 Å². The van der Waals surface area contributed by atoms with E-state index in [0.717, 1.165) is 63.7 Å². The highest BCUT2D eigenvalue weighted by atomic mass is 19.4. The van der Waals surface area contributed by atoms with Crippen LogP contribution in [0.1, 0.15) is 75.3 Å². The van der Waals surface area contributed by atoms with Crippen LogP contribution in [0, 0.1) is 40.2 Å². The third-order valence-corrected chi connectivity index (χ3v) is 13.1. The van der Waals surface area contributed by atoms with Gasteiger partial charge in [-0.15, -0.1) is 0 Å². The molecule has 1 aromatic heterocycles. The van der Waals surface area contributed by atoms with Crippen LogP contribution in [-0.4, -0.2) is 139 Å². The Hall–Kier alpha value is -6.44. The van der Waals surface area contributed by atoms with Gasteiger partial charge in [0.1, 0.15) is 29.1 Å². The Morgan fingerprint density at radius 3 is 2.08 bits per heavy atom. The molecule has 73 heavy (non-hydrogen) atoms. The molecule has 2 bridgehead atoms. The molecule has 2 unspecified atom stereocenters. The van der Waals surface area contributed by atoms with Gasteiger partial charge in [-0.05, 0) is 101 Å². The van der Waals surface area contributed by atoms with E-state index < -0.39 is 84.2 Å². The number of likely N-dealkylation sites (tertiary alicyclic amines) is 1. The monoisotopic (exact) mass is 1030 g/mol. The molecule has 0 aliphatic carbocycles. The Morgan fingerprint density at radius 2 is 1.53 bits per heavy atom. The fourth-order valence-electron chi connectivity index (χ4n) is 8.95. The van der Waals surface area contributed by atoms with Crippen LogP contribution >= 0.6 is 0 Å². The first-order chi connectivity index (χ1) is 34.3. The lowest BCUT2D eigenvalue weighted by atomic mass is 9.82. The van der Waals surface area contributed by atoms with E-state index in [4.69, 9.17) is 15.1 Å². The minimum Gasteiger partial charge on any atom is -0.453 e. The number of alkyl halides is 5. The molecule has 6 N–H and O–H groups in total. The molecule has 3 aliphatic heterocycles. The third-order valence-electron chi connectivity index (χ3n) is 13.1. The van der Waals surface area contributed by atoms with Gasteiger partial charge in [0, 0.05) is 105 Å². The number of rotatable bonds is 18. The number of pyridine rings is 1. The number of aliphatic hydroxyl groups is 1. The highest BCUT2D eigenvalue weighted by molar-refractivity contribution is 6.08. The fraction of sp³-hybridized carbons (Fsp3) is 0.510. The summed E-state index contributed by atoms with van der Waals surface area (Å²) in [6.45, 7) is 7.03. The van der Waals surface area contributed by atoms with Gasteiger partial charge in [-0.1, -0.05) is 24.0 Å². The lowest BCUT2D eigenvalue weighted by Crippen LogP contribution is -2.62. The molecule has 4 heterocycles. The maximum absolute atomic E-state index is 15.1. The van der Waals surface area contributed by atoms with Crippen molar-refractivity contribution >= 4 is 35.7 Å². The molecule has 2 aromatic carbocycles. The van der Waals surface area contributed by atoms with E-state index in [0.29, 0.717) is 67.8 Å². The Labute approximate surface area is 419 Å². The number of nitrogens with zero attached hydrogens (tertiary/aromatic N) is 4. The first-order valence-corrected chi connectivity index (χ1v) is 23.7. The maximum Gasteiger partial charge on any atom is 0.410 e. The number of benzene rings is 2. The molecule has 0 spiro atoms. The second kappa shape index (κ2) is 23.6. The second-order valence-corrected chi connectivity index (χ2v) is 20.0. The summed E-state index contributed by atoms with van der Waals surface area (Å²) in [6, 6.07) is 9.33. The summed E-state index contributed by atoms with van der Waals surface area (Å²) in [5.41, 5.74) is -2.58. The molecule has 3 amide bonds. The van der Waals surface area contributed by atoms with Gasteiger partial charge >= 0.3 is 24.9 Å². The van der Waals surface area contributed by atoms with Gasteiger partial charge in [-0.25, -0.2) is 23.4 Å². The lowest BCUT2D eigenvalue weighted by molar-refractivity contribution is -0.220. The molecule has 3 saturated heterocycles. The number of methoxy groups -OCH3 is 1. The van der Waals surface area contributed by atoms with Crippen molar-refractivity contribution in [3.8, 4) is 11.8 Å². The molecule has 6 rings (SSSR count). The summed E-state index contributed by atoms with van der Waals surface area (Å²) in [5, 5.41) is 27.6. The first-order valence-electron chi connectivity index (χ1n) is 23.7. The number of amides is 3. The van der Waals surface area contributed by atoms with Gasteiger partial charge in [0.15, 0.2) is 0 Å². The largest absolute Gasteiger partial charge is 0.453 e. The van der Waals surface area contributed by atoms with Crippen molar-refractivity contribution in [3.05, 3.63) is 100 Å². The number of nitrogens with one attached hydrogen (secondary N) is 5. The number of hydrogen-bond donors (Lipinski definition) is 6. The lowest BCUT2D eigenvalue weighted by Gasteiger charge is -2.46. The zero-order chi connectivity index (χ0) is 53.4. The topological polar surface area (TPSA) is 184 Å². The predicted octanol–water partition coefficient (Wildman–Crippen LogP) is 6.57. The van der Waals surface area contributed by atoms with Gasteiger partial charge in [-0.3, -0.25) is 9.69 Å². The van der Waals surface area contributed by atoms with Crippen LogP contribution in [0.25, 0.3) is 5.57 Å². The summed E-state index contributed by atoms with van der Waals surface area (Å²) in [6.07, 6.45) is -3.11. The van der Waals surface area contributed by atoms with Crippen molar-refractivity contribution < 1.29 is 59.7 Å². The predicted molar refractivity (Wildman–Crippen MR) is 258 cm³/mol. The van der Waals surface area contributed by atoms with Crippen LogP contribution in [-0.2, 0) is 27.2 Å². The van der Waals surface area contributed by atoms with Crippen molar-refractivity contribution in [2.24, 2.45) is 11.3 Å². The van der Waals surface area contributed by atoms with Crippen LogP contribution in [0.15, 0.2) is 60.9 Å². The molecule has 3 aliphatic rings. The Balaban J connectivity index is 1.10. The van der Waals surface area contributed by atoms with Crippen molar-refractivity contribution in [2.45, 2.75) is 109 Å². The Bertz CT molecular complexity index is 2490. The number of fused-ring (bicyclic) bond motifs is 2. The number of hydrogen-bond acceptors (Lipinski definition) is 12. The Kier molecular flexibility index (Phi) is 18.1. The number of carbonyl (C=O) groups is 3. The Morgan fingerprint density at radius 1 is 0.918 bits per heavy atom. The van der Waals surface area contributed by atoms with Gasteiger partial charge in [0.05, 0.1) is 24.7 Å². The second-order valence-electron chi connectivity index (χ2n) is 20.0. The van der Waals surface area contributed by atoms with Gasteiger partial charge in [0.25, 0.3) is 0 Å². The van der Waals surface area contributed by atoms with E-state index in [1.807, 2.05) is 38.2 Å². The zero-order valence-electron chi connectivity index (χ0n) is 41.4. The van der Waals surface area contributed by atoms with Crippen LogP contribution in [0.2, 0.25) is 0 Å². The van der Waals surface area contributed by atoms with Crippen molar-refractivity contribution in [3.63, 3.8) is 0 Å². The number of aliphatic hydroxyl groups excluding tert-OH is 1. The van der Waals surface area contributed by atoms with Gasteiger partial charge in [0.2, 0.25) is 5.91 Å². The number of ether oxygens (including phenoxy) is 2. The number of alkyl carbamates (subject to hydrolysis) is 1. The molecular formula is C51H62F7N9O6. The molecule has 15 nitrogen and oxygen atoms in total. The molecule has 3 fully saturated rings. The molecule has 396 valence electrons. The quantitative estimate of drug-likeness (QED) is 0.0351. The highest BCUT2D eigenvalue weighted by Crippen LogP contribution is 2.41. The minimum absolute atomic E-state index is 0.170. The molecule has 5 atom stereocenters. The summed E-state index contributed by atoms with van der Waals surface area (Å²) in [4.78, 5) is 49.7. The van der Waals surface area contributed by atoms with E-state index in [-0.39, 0.29) is 23.7 Å². The normalized spacial score (nSPS) is 18.8. The van der Waals surface area contributed by atoms with Crippen molar-refractivity contribution in [1.29, 1.82) is 5.41 Å². The number of halogens is 7. The average Bonchev–Trinajstić information content (AvgIpc) is 3.53. The zero-order valence-corrected chi connectivity index (χ0v) is 41.4. The number of allylic oxidation sites excluding steroid dienone is 1. The minimum atomic E-state index is -5.00. The third kappa shape index (κ3) is 14.6. The van der Waals surface area contributed by atoms with Crippen LogP contribution < -0.4 is 26.2 Å². The van der Waals surface area contributed by atoms with E-state index in [1.54, 1.807) is 40.7 Å². The smallest absolute Gasteiger partial charge is 0.410 e. The van der Waals surface area contributed by atoms with Gasteiger partial charge < -0.3 is 51.1 Å².